The molecule has 25 heavy (non-hydrogen) atoms. The first-order valence-electron chi connectivity index (χ1n) is 8.84. The molecule has 0 unspecified atom stereocenters. The number of hydrogen-bond donors (Lipinski definition) is 1. The van der Waals surface area contributed by atoms with Gasteiger partial charge in [-0.2, -0.15) is 0 Å². The zero-order valence-corrected chi connectivity index (χ0v) is 15.8. The van der Waals surface area contributed by atoms with Crippen molar-refractivity contribution >= 4 is 21.7 Å². The molecule has 0 aliphatic carbocycles. The second-order valence-electron chi connectivity index (χ2n) is 6.70. The molecule has 1 N–H and O–H groups in total. The Morgan fingerprint density at radius 2 is 2.00 bits per heavy atom. The molecule has 0 aromatic heterocycles. The van der Waals surface area contributed by atoms with Crippen molar-refractivity contribution in [2.45, 2.75) is 39.2 Å². The fourth-order valence-corrected chi connectivity index (χ4v) is 4.39. The topological polar surface area (TPSA) is 77.9 Å². The second kappa shape index (κ2) is 8.67. The Hall–Kier alpha value is -1.60. The molecule has 1 aliphatic rings. The second-order valence-corrected chi connectivity index (χ2v) is 8.89. The summed E-state index contributed by atoms with van der Waals surface area (Å²) in [6, 6.07) is 7.86. The van der Waals surface area contributed by atoms with Crippen LogP contribution in [0.15, 0.2) is 24.3 Å². The molecule has 6 nitrogen and oxygen atoms in total. The minimum atomic E-state index is -3.22. The van der Waals surface area contributed by atoms with Crippen molar-refractivity contribution in [2.75, 3.05) is 30.8 Å². The predicted molar refractivity (Wildman–Crippen MR) is 99.2 cm³/mol. The van der Waals surface area contributed by atoms with Gasteiger partial charge in [0, 0.05) is 32.4 Å². The molecule has 0 radical (unpaired) electrons. The number of unbranched alkanes of at least 4 members (excludes halogenated alkanes) is 1. The maximum atomic E-state index is 12.2. The van der Waals surface area contributed by atoms with Crippen molar-refractivity contribution in [2.24, 2.45) is 5.92 Å². The molecule has 1 heterocycles. The average Bonchev–Trinajstić information content (AvgIpc) is 2.60. The fraction of sp³-hybridized carbons (Fsp3) is 0.611. The van der Waals surface area contributed by atoms with Crippen molar-refractivity contribution in [3.63, 3.8) is 0 Å². The smallest absolute Gasteiger partial charge is 0.306 e. The molecule has 0 spiro atoms. The summed E-state index contributed by atoms with van der Waals surface area (Å²) in [6.45, 7) is 3.76. The van der Waals surface area contributed by atoms with Crippen LogP contribution in [0.3, 0.4) is 0 Å². The van der Waals surface area contributed by atoms with Crippen molar-refractivity contribution in [1.29, 1.82) is 0 Å². The van der Waals surface area contributed by atoms with E-state index in [1.807, 2.05) is 31.2 Å². The summed E-state index contributed by atoms with van der Waals surface area (Å²) in [5.74, 6) is -0.788. The number of piperidine rings is 1. The van der Waals surface area contributed by atoms with Crippen molar-refractivity contribution in [3.8, 4) is 0 Å². The Kier molecular flexibility index (Phi) is 6.84. The van der Waals surface area contributed by atoms with E-state index in [0.29, 0.717) is 38.9 Å². The van der Waals surface area contributed by atoms with Gasteiger partial charge < -0.3 is 10.0 Å². The molecule has 0 bridgehead atoms. The van der Waals surface area contributed by atoms with Gasteiger partial charge in [-0.3, -0.25) is 4.79 Å². The van der Waals surface area contributed by atoms with Crippen molar-refractivity contribution in [1.82, 2.24) is 4.31 Å². The Balaban J connectivity index is 2.01. The van der Waals surface area contributed by atoms with Crippen LogP contribution in [-0.2, 0) is 21.4 Å². The van der Waals surface area contributed by atoms with Crippen LogP contribution in [0.2, 0.25) is 0 Å². The zero-order chi connectivity index (χ0) is 18.4. The summed E-state index contributed by atoms with van der Waals surface area (Å²) >= 11 is 0. The quantitative estimate of drug-likeness (QED) is 0.763. The lowest BCUT2D eigenvalue weighted by atomic mass is 9.96. The maximum Gasteiger partial charge on any atom is 0.306 e. The molecule has 7 heteroatoms. The van der Waals surface area contributed by atoms with Crippen LogP contribution in [0, 0.1) is 5.92 Å². The van der Waals surface area contributed by atoms with Gasteiger partial charge in [-0.25, -0.2) is 12.7 Å². The number of sulfonamides is 1. The highest BCUT2D eigenvalue weighted by atomic mass is 32.2. The Labute approximate surface area is 150 Å². The molecule has 1 aliphatic heterocycles. The lowest BCUT2D eigenvalue weighted by Gasteiger charge is -2.32. The molecule has 1 aromatic rings. The summed E-state index contributed by atoms with van der Waals surface area (Å²) < 4.78 is 25.9. The molecule has 1 aromatic carbocycles. The van der Waals surface area contributed by atoms with Crippen molar-refractivity contribution < 1.29 is 18.3 Å². The van der Waals surface area contributed by atoms with E-state index < -0.39 is 16.0 Å². The molecule has 140 valence electrons. The van der Waals surface area contributed by atoms with Gasteiger partial charge in [0.25, 0.3) is 0 Å². The van der Waals surface area contributed by atoms with Gasteiger partial charge >= 0.3 is 5.97 Å². The molecular weight excluding hydrogens is 340 g/mol. The Bertz CT molecular complexity index is 682. The van der Waals surface area contributed by atoms with E-state index >= 15 is 0 Å². The van der Waals surface area contributed by atoms with E-state index in [9.17, 15) is 13.2 Å². The largest absolute Gasteiger partial charge is 0.481 e. The standard InChI is InChI=1S/C18H28N2O4S/c1-3-4-12-25(23,24)19(2)14-15-6-5-7-17(13-15)20-10-8-16(9-11-20)18(21)22/h5-7,13,16H,3-4,8-12,14H2,1-2H3,(H,21,22). The minimum absolute atomic E-state index is 0.183. The molecule has 0 amide bonds. The number of carboxylic acid groups (broad SMARTS) is 1. The van der Waals surface area contributed by atoms with E-state index in [0.717, 1.165) is 17.7 Å². The van der Waals surface area contributed by atoms with Crippen LogP contribution in [0.25, 0.3) is 0 Å². The maximum absolute atomic E-state index is 12.2. The van der Waals surface area contributed by atoms with Crippen LogP contribution in [0.1, 0.15) is 38.2 Å². The zero-order valence-electron chi connectivity index (χ0n) is 15.0. The first kappa shape index (κ1) is 19.7. The lowest BCUT2D eigenvalue weighted by Crippen LogP contribution is -2.36. The first-order chi connectivity index (χ1) is 11.8. The number of rotatable bonds is 8. The summed E-state index contributed by atoms with van der Waals surface area (Å²) in [4.78, 5) is 13.2. The highest BCUT2D eigenvalue weighted by Gasteiger charge is 2.25. The molecule has 0 saturated carbocycles. The number of anilines is 1. The molecule has 1 fully saturated rings. The van der Waals surface area contributed by atoms with Crippen LogP contribution in [0.4, 0.5) is 5.69 Å². The third kappa shape index (κ3) is 5.44. The number of benzene rings is 1. The van der Waals surface area contributed by atoms with E-state index in [1.165, 1.54) is 4.31 Å². The fourth-order valence-electron chi connectivity index (χ4n) is 3.07. The summed E-state index contributed by atoms with van der Waals surface area (Å²) in [6.07, 6.45) is 2.82. The van der Waals surface area contributed by atoms with Crippen LogP contribution >= 0.6 is 0 Å². The van der Waals surface area contributed by atoms with Gasteiger partial charge in [0.15, 0.2) is 0 Å². The number of carbonyl (C=O) groups is 1. The third-order valence-corrected chi connectivity index (χ3v) is 6.64. The molecular formula is C18H28N2O4S. The number of carboxylic acids is 1. The van der Waals surface area contributed by atoms with Gasteiger partial charge in [0.05, 0.1) is 11.7 Å². The number of nitrogens with zero attached hydrogens (tertiary/aromatic N) is 2. The molecule has 1 saturated heterocycles. The molecule has 0 atom stereocenters. The summed E-state index contributed by atoms with van der Waals surface area (Å²) in [5, 5.41) is 9.10. The number of aliphatic carboxylic acids is 1. The van der Waals surface area contributed by atoms with Crippen LogP contribution in [-0.4, -0.2) is 49.7 Å². The van der Waals surface area contributed by atoms with Gasteiger partial charge in [-0.15, -0.1) is 0 Å². The summed E-state index contributed by atoms with van der Waals surface area (Å²) in [5.41, 5.74) is 1.97. The van der Waals surface area contributed by atoms with Crippen molar-refractivity contribution in [3.05, 3.63) is 29.8 Å². The van der Waals surface area contributed by atoms with Crippen LogP contribution < -0.4 is 4.90 Å². The highest BCUT2D eigenvalue weighted by Crippen LogP contribution is 2.24. The average molecular weight is 368 g/mol. The number of hydrogen-bond acceptors (Lipinski definition) is 4. The van der Waals surface area contributed by atoms with Gasteiger partial charge in [-0.1, -0.05) is 25.5 Å². The minimum Gasteiger partial charge on any atom is -0.481 e. The first-order valence-corrected chi connectivity index (χ1v) is 10.4. The van der Waals surface area contributed by atoms with Gasteiger partial charge in [0.1, 0.15) is 0 Å². The SMILES string of the molecule is CCCCS(=O)(=O)N(C)Cc1cccc(N2CCC(C(=O)O)CC2)c1. The highest BCUT2D eigenvalue weighted by molar-refractivity contribution is 7.89. The van der Waals surface area contributed by atoms with Gasteiger partial charge in [-0.05, 0) is 37.0 Å². The summed E-state index contributed by atoms with van der Waals surface area (Å²) in [7, 11) is -1.60. The molecule has 2 rings (SSSR count). The van der Waals surface area contributed by atoms with Crippen LogP contribution in [0.5, 0.6) is 0 Å². The lowest BCUT2D eigenvalue weighted by molar-refractivity contribution is -0.142. The Morgan fingerprint density at radius 1 is 1.32 bits per heavy atom. The van der Waals surface area contributed by atoms with E-state index in [1.54, 1.807) is 7.05 Å². The van der Waals surface area contributed by atoms with Gasteiger partial charge in [0.2, 0.25) is 10.0 Å². The normalized spacial score (nSPS) is 16.4. The monoisotopic (exact) mass is 368 g/mol. The van der Waals surface area contributed by atoms with E-state index in [-0.39, 0.29) is 11.7 Å². The third-order valence-electron chi connectivity index (χ3n) is 4.76. The Morgan fingerprint density at radius 3 is 2.60 bits per heavy atom. The van der Waals surface area contributed by atoms with E-state index in [4.69, 9.17) is 5.11 Å². The van der Waals surface area contributed by atoms with E-state index in [2.05, 4.69) is 4.90 Å². The predicted octanol–water partition coefficient (Wildman–Crippen LogP) is 2.55.